The number of primary amides is 1. The van der Waals surface area contributed by atoms with Crippen molar-refractivity contribution in [3.05, 3.63) is 58.6 Å². The third-order valence-electron chi connectivity index (χ3n) is 3.37. The van der Waals surface area contributed by atoms with Crippen molar-refractivity contribution in [2.45, 2.75) is 11.8 Å². The van der Waals surface area contributed by atoms with Gasteiger partial charge in [-0.05, 0) is 36.8 Å². The Morgan fingerprint density at radius 2 is 1.91 bits per heavy atom. The number of amides is 1. The zero-order valence-electron chi connectivity index (χ0n) is 12.5. The first-order valence-corrected chi connectivity index (χ1v) is 8.96. The van der Waals surface area contributed by atoms with E-state index in [4.69, 9.17) is 17.3 Å². The van der Waals surface area contributed by atoms with Gasteiger partial charge in [-0.2, -0.15) is 0 Å². The molecular weight excluding hydrogens is 336 g/mol. The van der Waals surface area contributed by atoms with Crippen molar-refractivity contribution in [3.63, 3.8) is 0 Å². The van der Waals surface area contributed by atoms with Crippen molar-refractivity contribution in [3.8, 4) is 0 Å². The number of hydrogen-bond acceptors (Lipinski definition) is 4. The molecule has 5 nitrogen and oxygen atoms in total. The summed E-state index contributed by atoms with van der Waals surface area (Å²) in [4.78, 5) is 11.3. The van der Waals surface area contributed by atoms with Gasteiger partial charge in [0.1, 0.15) is 0 Å². The molecule has 0 spiro atoms. The summed E-state index contributed by atoms with van der Waals surface area (Å²) in [6.07, 6.45) is 0. The molecule has 0 radical (unpaired) electrons. The lowest BCUT2D eigenvalue weighted by atomic mass is 10.2. The molecule has 2 aromatic rings. The Morgan fingerprint density at radius 1 is 1.22 bits per heavy atom. The fourth-order valence-electron chi connectivity index (χ4n) is 2.16. The van der Waals surface area contributed by atoms with Gasteiger partial charge in [0.2, 0.25) is 5.91 Å². The van der Waals surface area contributed by atoms with E-state index in [2.05, 4.69) is 5.32 Å². The Balaban J connectivity index is 2.14. The van der Waals surface area contributed by atoms with Crippen molar-refractivity contribution in [2.75, 3.05) is 17.6 Å². The van der Waals surface area contributed by atoms with Crippen molar-refractivity contribution < 1.29 is 13.2 Å². The number of sulfone groups is 1. The number of hydrogen-bond donors (Lipinski definition) is 2. The molecule has 0 heterocycles. The first kappa shape index (κ1) is 17.3. The topological polar surface area (TPSA) is 89.3 Å². The van der Waals surface area contributed by atoms with Crippen LogP contribution in [0.4, 0.5) is 5.69 Å². The third kappa shape index (κ3) is 4.24. The molecule has 0 unspecified atom stereocenters. The molecule has 0 atom stereocenters. The lowest BCUT2D eigenvalue weighted by Gasteiger charge is -2.11. The van der Waals surface area contributed by atoms with Crippen LogP contribution in [0.1, 0.15) is 15.9 Å². The molecule has 0 fully saturated rings. The summed E-state index contributed by atoms with van der Waals surface area (Å²) in [6, 6.07) is 11.3. The number of benzene rings is 2. The average molecular weight is 353 g/mol. The minimum Gasteiger partial charge on any atom is -0.384 e. The molecular formula is C16H17ClN2O3S. The summed E-state index contributed by atoms with van der Waals surface area (Å²) < 4.78 is 24.9. The van der Waals surface area contributed by atoms with E-state index in [1.54, 1.807) is 24.3 Å². The van der Waals surface area contributed by atoms with Gasteiger partial charge in [0.05, 0.1) is 16.2 Å². The summed E-state index contributed by atoms with van der Waals surface area (Å²) in [7, 11) is -3.63. The van der Waals surface area contributed by atoms with E-state index in [-0.39, 0.29) is 22.8 Å². The molecule has 1 amide bonds. The molecule has 0 saturated carbocycles. The van der Waals surface area contributed by atoms with Crippen LogP contribution in [0.15, 0.2) is 47.4 Å². The van der Waals surface area contributed by atoms with Crippen LogP contribution >= 0.6 is 11.6 Å². The standard InChI is InChI=1S/C16H17ClN2O3S/c1-11-6-7-12(17)10-14(11)19-8-9-23(21,22)15-5-3-2-4-13(15)16(18)20/h2-7,10,19H,8-9H2,1H3,(H2,18,20). The molecule has 0 aliphatic heterocycles. The van der Waals surface area contributed by atoms with Crippen LogP contribution < -0.4 is 11.1 Å². The Hall–Kier alpha value is -2.05. The number of carbonyl (C=O) groups excluding carboxylic acids is 1. The molecule has 0 saturated heterocycles. The maximum atomic E-state index is 12.4. The van der Waals surface area contributed by atoms with E-state index in [0.29, 0.717) is 5.02 Å². The first-order valence-electron chi connectivity index (χ1n) is 6.93. The van der Waals surface area contributed by atoms with Crippen LogP contribution in [0.3, 0.4) is 0 Å². The minimum absolute atomic E-state index is 0.00596. The molecule has 2 aromatic carbocycles. The van der Waals surface area contributed by atoms with E-state index in [1.807, 2.05) is 13.0 Å². The molecule has 23 heavy (non-hydrogen) atoms. The summed E-state index contributed by atoms with van der Waals surface area (Å²) in [5.74, 6) is -0.925. The lowest BCUT2D eigenvalue weighted by Crippen LogP contribution is -2.21. The summed E-state index contributed by atoms with van der Waals surface area (Å²) in [5, 5.41) is 3.62. The number of rotatable bonds is 6. The van der Waals surface area contributed by atoms with Gasteiger partial charge < -0.3 is 11.1 Å². The maximum absolute atomic E-state index is 12.4. The molecule has 0 aromatic heterocycles. The highest BCUT2D eigenvalue weighted by atomic mass is 35.5. The van der Waals surface area contributed by atoms with Gasteiger partial charge >= 0.3 is 0 Å². The average Bonchev–Trinajstić information content (AvgIpc) is 2.50. The molecule has 3 N–H and O–H groups in total. The quantitative estimate of drug-likeness (QED) is 0.836. The molecule has 122 valence electrons. The number of anilines is 1. The fourth-order valence-corrected chi connectivity index (χ4v) is 3.71. The van der Waals surface area contributed by atoms with Crippen LogP contribution in [0.5, 0.6) is 0 Å². The predicted molar refractivity (Wildman–Crippen MR) is 91.7 cm³/mol. The third-order valence-corrected chi connectivity index (χ3v) is 5.38. The highest BCUT2D eigenvalue weighted by Gasteiger charge is 2.20. The van der Waals surface area contributed by atoms with Crippen LogP contribution in [0.25, 0.3) is 0 Å². The monoisotopic (exact) mass is 352 g/mol. The van der Waals surface area contributed by atoms with Gasteiger partial charge in [-0.3, -0.25) is 4.79 Å². The Labute approximate surface area is 140 Å². The van der Waals surface area contributed by atoms with Crippen molar-refractivity contribution >= 4 is 33.0 Å². The largest absolute Gasteiger partial charge is 0.384 e. The van der Waals surface area contributed by atoms with Gasteiger partial charge in [0.25, 0.3) is 0 Å². The number of nitrogens with two attached hydrogens (primary N) is 1. The van der Waals surface area contributed by atoms with Gasteiger partial charge in [-0.1, -0.05) is 29.8 Å². The number of aryl methyl sites for hydroxylation is 1. The fraction of sp³-hybridized carbons (Fsp3) is 0.188. The highest BCUT2D eigenvalue weighted by Crippen LogP contribution is 2.21. The summed E-state index contributed by atoms with van der Waals surface area (Å²) >= 11 is 5.93. The van der Waals surface area contributed by atoms with E-state index in [9.17, 15) is 13.2 Å². The van der Waals surface area contributed by atoms with Crippen LogP contribution in [0, 0.1) is 6.92 Å². The van der Waals surface area contributed by atoms with Crippen LogP contribution in [-0.4, -0.2) is 26.6 Å². The molecule has 0 aliphatic rings. The Kier molecular flexibility index (Phi) is 5.28. The Morgan fingerprint density at radius 3 is 2.61 bits per heavy atom. The van der Waals surface area contributed by atoms with Crippen LogP contribution in [-0.2, 0) is 9.84 Å². The molecule has 2 rings (SSSR count). The highest BCUT2D eigenvalue weighted by molar-refractivity contribution is 7.91. The second kappa shape index (κ2) is 7.02. The SMILES string of the molecule is Cc1ccc(Cl)cc1NCCS(=O)(=O)c1ccccc1C(N)=O. The van der Waals surface area contributed by atoms with Gasteiger partial charge in [-0.15, -0.1) is 0 Å². The zero-order valence-corrected chi connectivity index (χ0v) is 14.1. The summed E-state index contributed by atoms with van der Waals surface area (Å²) in [6.45, 7) is 2.09. The van der Waals surface area contributed by atoms with Crippen molar-refractivity contribution in [1.29, 1.82) is 0 Å². The summed E-state index contributed by atoms with van der Waals surface area (Å²) in [5.41, 5.74) is 6.98. The number of halogens is 1. The maximum Gasteiger partial charge on any atom is 0.250 e. The van der Waals surface area contributed by atoms with E-state index in [1.165, 1.54) is 12.1 Å². The Bertz CT molecular complexity index is 835. The van der Waals surface area contributed by atoms with E-state index >= 15 is 0 Å². The normalized spacial score (nSPS) is 11.2. The zero-order chi connectivity index (χ0) is 17.0. The van der Waals surface area contributed by atoms with Gasteiger partial charge in [0, 0.05) is 17.3 Å². The first-order chi connectivity index (χ1) is 10.8. The molecule has 0 bridgehead atoms. The van der Waals surface area contributed by atoms with E-state index in [0.717, 1.165) is 11.3 Å². The number of carbonyl (C=O) groups is 1. The second-order valence-electron chi connectivity index (χ2n) is 5.07. The van der Waals surface area contributed by atoms with Crippen LogP contribution in [0.2, 0.25) is 5.02 Å². The van der Waals surface area contributed by atoms with Crippen molar-refractivity contribution in [1.82, 2.24) is 0 Å². The predicted octanol–water partition coefficient (Wildman–Crippen LogP) is 2.63. The molecule has 0 aliphatic carbocycles. The van der Waals surface area contributed by atoms with Gasteiger partial charge in [-0.25, -0.2) is 8.42 Å². The lowest BCUT2D eigenvalue weighted by molar-refractivity contribution is 0.0997. The molecule has 7 heteroatoms. The second-order valence-corrected chi connectivity index (χ2v) is 7.58. The van der Waals surface area contributed by atoms with Gasteiger partial charge in [0.15, 0.2) is 9.84 Å². The minimum atomic E-state index is -3.63. The number of nitrogens with one attached hydrogen (secondary N) is 1. The van der Waals surface area contributed by atoms with E-state index < -0.39 is 15.7 Å². The van der Waals surface area contributed by atoms with Crippen molar-refractivity contribution in [2.24, 2.45) is 5.73 Å². The smallest absolute Gasteiger partial charge is 0.250 e.